The van der Waals surface area contributed by atoms with Crippen LogP contribution < -0.4 is 14.8 Å². The Hall–Kier alpha value is -3.78. The minimum atomic E-state index is -4.27. The summed E-state index contributed by atoms with van der Waals surface area (Å²) in [5.74, 6) is 0.455. The number of amides is 1. The average Bonchev–Trinajstić information content (AvgIpc) is 3.55. The van der Waals surface area contributed by atoms with Crippen LogP contribution in [-0.2, 0) is 16.6 Å². The number of ether oxygens (including phenoxy) is 1. The van der Waals surface area contributed by atoms with Crippen molar-refractivity contribution in [2.45, 2.75) is 76.7 Å². The molecule has 14 heteroatoms. The van der Waals surface area contributed by atoms with Gasteiger partial charge in [-0.15, -0.1) is 0 Å². The van der Waals surface area contributed by atoms with Crippen LogP contribution in [0.3, 0.4) is 0 Å². The number of nitrogens with zero attached hydrogens (tertiary/aromatic N) is 6. The van der Waals surface area contributed by atoms with E-state index in [0.717, 1.165) is 56.2 Å². The normalized spacial score (nSPS) is 22.0. The molecular weight excluding hydrogens is 592 g/mol. The molecule has 44 heavy (non-hydrogen) atoms. The number of imidazole rings is 1. The maximum atomic E-state index is 13.8. The molecule has 3 aliphatic rings. The molecular formula is C30H35F2N7O4S. The fourth-order valence-corrected chi connectivity index (χ4v) is 7.82. The third-order valence-electron chi connectivity index (χ3n) is 9.25. The Morgan fingerprint density at radius 1 is 1.11 bits per heavy atom. The van der Waals surface area contributed by atoms with E-state index in [0.29, 0.717) is 46.3 Å². The first-order valence-corrected chi connectivity index (χ1v) is 16.7. The van der Waals surface area contributed by atoms with Gasteiger partial charge in [0.1, 0.15) is 22.8 Å². The quantitative estimate of drug-likeness (QED) is 0.291. The van der Waals surface area contributed by atoms with E-state index in [2.05, 4.69) is 4.98 Å². The number of aromatic nitrogens is 4. The fraction of sp³-hybridized carbons (Fsp3) is 0.500. The van der Waals surface area contributed by atoms with Gasteiger partial charge in [-0.2, -0.15) is 13.1 Å². The highest BCUT2D eigenvalue weighted by molar-refractivity contribution is 7.92. The average molecular weight is 628 g/mol. The highest BCUT2D eigenvalue weighted by atomic mass is 32.2. The van der Waals surface area contributed by atoms with Crippen LogP contribution in [0.5, 0.6) is 5.88 Å². The molecule has 1 amide bonds. The lowest BCUT2D eigenvalue weighted by molar-refractivity contribution is 0.0574. The Bertz CT molecular complexity index is 1890. The molecule has 0 spiro atoms. The summed E-state index contributed by atoms with van der Waals surface area (Å²) in [7, 11) is -2.71. The number of piperidine rings is 1. The number of carbonyl (C=O) groups is 1. The van der Waals surface area contributed by atoms with Crippen LogP contribution in [0.1, 0.15) is 54.6 Å². The molecule has 4 aromatic heterocycles. The standard InChI is InChI=1S/C30H35F2N7O4S/c1-16-27(23-10-18-6-9-24(39(30(31)32)44(3,41)42)35-28(18)36(23)15-17-4-5-17)34-25-11-19(12-26(43-2)37(16)25)29(40)38-21-7-8-22(38)14-20(33)13-21/h6,9-12,17,20-22,30H,4-5,7-8,13-15,33H2,1-3H3/t20?,21-,22?/m1/s1. The number of alkyl halides is 2. The topological polar surface area (TPSA) is 128 Å². The number of pyridine rings is 2. The second-order valence-corrected chi connectivity index (χ2v) is 14.2. The van der Waals surface area contributed by atoms with Crippen LogP contribution in [0, 0.1) is 12.8 Å². The Labute approximate surface area is 253 Å². The number of anilines is 1. The van der Waals surface area contributed by atoms with Crippen LogP contribution in [0.2, 0.25) is 0 Å². The summed E-state index contributed by atoms with van der Waals surface area (Å²) in [4.78, 5) is 25.2. The van der Waals surface area contributed by atoms with E-state index in [1.807, 2.05) is 26.9 Å². The summed E-state index contributed by atoms with van der Waals surface area (Å²) in [6, 6.07) is 8.70. The second kappa shape index (κ2) is 10.4. The highest BCUT2D eigenvalue weighted by Crippen LogP contribution is 2.39. The van der Waals surface area contributed by atoms with Gasteiger partial charge in [0, 0.05) is 41.7 Å². The zero-order valence-corrected chi connectivity index (χ0v) is 25.6. The molecule has 2 saturated heterocycles. The van der Waals surface area contributed by atoms with Gasteiger partial charge in [-0.1, -0.05) is 0 Å². The molecule has 1 saturated carbocycles. The van der Waals surface area contributed by atoms with E-state index in [1.54, 1.807) is 25.3 Å². The van der Waals surface area contributed by atoms with Crippen molar-refractivity contribution in [3.63, 3.8) is 0 Å². The summed E-state index contributed by atoms with van der Waals surface area (Å²) in [5, 5.41) is 0.671. The summed E-state index contributed by atoms with van der Waals surface area (Å²) >= 11 is 0. The van der Waals surface area contributed by atoms with Gasteiger partial charge in [0.2, 0.25) is 10.0 Å². The fourth-order valence-electron chi connectivity index (χ4n) is 7.09. The minimum Gasteiger partial charge on any atom is -0.482 e. The molecule has 0 aromatic carbocycles. The monoisotopic (exact) mass is 627 g/mol. The van der Waals surface area contributed by atoms with Crippen molar-refractivity contribution in [1.82, 2.24) is 23.8 Å². The van der Waals surface area contributed by atoms with Crippen LogP contribution in [0.4, 0.5) is 14.6 Å². The predicted octanol–water partition coefficient (Wildman–Crippen LogP) is 4.16. The molecule has 3 atom stereocenters. The zero-order chi connectivity index (χ0) is 31.1. The first kappa shape index (κ1) is 29.0. The number of nitrogens with two attached hydrogens (primary N) is 1. The molecule has 2 unspecified atom stereocenters. The first-order chi connectivity index (χ1) is 20.9. The van der Waals surface area contributed by atoms with E-state index in [1.165, 1.54) is 6.07 Å². The Balaban J connectivity index is 1.34. The number of sulfonamides is 1. The Morgan fingerprint density at radius 3 is 2.43 bits per heavy atom. The molecule has 0 radical (unpaired) electrons. The van der Waals surface area contributed by atoms with Crippen LogP contribution in [-0.4, -0.2) is 76.2 Å². The number of aryl methyl sites for hydroxylation is 1. The number of hydrogen-bond acceptors (Lipinski definition) is 7. The lowest BCUT2D eigenvalue weighted by Gasteiger charge is -2.37. The van der Waals surface area contributed by atoms with Crippen molar-refractivity contribution in [3.05, 3.63) is 41.6 Å². The SMILES string of the molecule is COc1cc(C(=O)N2C3CC[C@@H]2CC(N)C3)cc2nc(-c3cc4ccc(N(C(F)F)S(C)(=O)=O)nc4n3CC3CC3)c(C)n12. The third-order valence-corrected chi connectivity index (χ3v) is 10.3. The molecule has 7 rings (SSSR count). The van der Waals surface area contributed by atoms with Crippen LogP contribution in [0.15, 0.2) is 30.3 Å². The van der Waals surface area contributed by atoms with Gasteiger partial charge in [-0.3, -0.25) is 9.20 Å². The van der Waals surface area contributed by atoms with Gasteiger partial charge >= 0.3 is 6.55 Å². The lowest BCUT2D eigenvalue weighted by atomic mass is 9.97. The van der Waals surface area contributed by atoms with Gasteiger partial charge in [0.25, 0.3) is 5.91 Å². The molecule has 2 aliphatic heterocycles. The van der Waals surface area contributed by atoms with E-state index in [9.17, 15) is 22.0 Å². The predicted molar refractivity (Wildman–Crippen MR) is 161 cm³/mol. The van der Waals surface area contributed by atoms with Crippen molar-refractivity contribution in [1.29, 1.82) is 0 Å². The summed E-state index contributed by atoms with van der Waals surface area (Å²) in [6.45, 7) is -0.786. The first-order valence-electron chi connectivity index (χ1n) is 14.9. The maximum Gasteiger partial charge on any atom is 0.329 e. The number of rotatable bonds is 8. The van der Waals surface area contributed by atoms with E-state index >= 15 is 0 Å². The molecule has 4 aromatic rings. The zero-order valence-electron chi connectivity index (χ0n) is 24.8. The van der Waals surface area contributed by atoms with E-state index in [4.69, 9.17) is 15.5 Å². The molecule has 6 heterocycles. The second-order valence-electron chi connectivity index (χ2n) is 12.4. The molecule has 3 fully saturated rings. The van der Waals surface area contributed by atoms with Gasteiger partial charge in [0.05, 0.1) is 24.8 Å². The van der Waals surface area contributed by atoms with Gasteiger partial charge < -0.3 is 19.9 Å². The highest BCUT2D eigenvalue weighted by Gasteiger charge is 2.42. The van der Waals surface area contributed by atoms with E-state index in [-0.39, 0.29) is 34.2 Å². The van der Waals surface area contributed by atoms with Gasteiger partial charge in [0.15, 0.2) is 5.88 Å². The van der Waals surface area contributed by atoms with Gasteiger partial charge in [-0.05, 0) is 75.6 Å². The number of carbonyl (C=O) groups excluding carboxylic acids is 1. The largest absolute Gasteiger partial charge is 0.482 e. The van der Waals surface area contributed by atoms with Gasteiger partial charge in [-0.25, -0.2) is 18.4 Å². The minimum absolute atomic E-state index is 0.0301. The van der Waals surface area contributed by atoms with Crippen molar-refractivity contribution < 1.29 is 26.7 Å². The number of hydrogen-bond donors (Lipinski definition) is 1. The van der Waals surface area contributed by atoms with Crippen molar-refractivity contribution in [2.24, 2.45) is 11.7 Å². The maximum absolute atomic E-state index is 13.8. The number of fused-ring (bicyclic) bond motifs is 4. The van der Waals surface area contributed by atoms with Crippen LogP contribution in [0.25, 0.3) is 28.1 Å². The molecule has 2 N–H and O–H groups in total. The van der Waals surface area contributed by atoms with Crippen molar-refractivity contribution in [2.75, 3.05) is 17.7 Å². The smallest absolute Gasteiger partial charge is 0.329 e. The molecule has 234 valence electrons. The molecule has 1 aliphatic carbocycles. The van der Waals surface area contributed by atoms with E-state index < -0.39 is 16.6 Å². The van der Waals surface area contributed by atoms with Crippen LogP contribution >= 0.6 is 0 Å². The molecule has 11 nitrogen and oxygen atoms in total. The number of halogens is 2. The number of methoxy groups -OCH3 is 1. The summed E-state index contributed by atoms with van der Waals surface area (Å²) in [6.07, 6.45) is 6.30. The summed E-state index contributed by atoms with van der Waals surface area (Å²) < 4.78 is 61.6. The summed E-state index contributed by atoms with van der Waals surface area (Å²) in [5.41, 5.74) is 9.80. The Kier molecular flexibility index (Phi) is 6.85. The molecule has 2 bridgehead atoms. The van der Waals surface area contributed by atoms with Crippen molar-refractivity contribution >= 4 is 38.4 Å². The lowest BCUT2D eigenvalue weighted by Crippen LogP contribution is -2.50. The van der Waals surface area contributed by atoms with Crippen molar-refractivity contribution in [3.8, 4) is 17.3 Å². The third kappa shape index (κ3) is 4.78. The Morgan fingerprint density at radius 2 is 1.82 bits per heavy atom.